The number of anilines is 1. The minimum atomic E-state index is 0.505. The molecule has 1 saturated carbocycles. The van der Waals surface area contributed by atoms with Gasteiger partial charge in [-0.3, -0.25) is 0 Å². The Hall–Kier alpha value is -1.03. The van der Waals surface area contributed by atoms with Crippen molar-refractivity contribution in [2.75, 3.05) is 5.73 Å². The van der Waals surface area contributed by atoms with E-state index < -0.39 is 0 Å². The van der Waals surface area contributed by atoms with Crippen LogP contribution in [-0.4, -0.2) is 9.55 Å². The monoisotopic (exact) mass is 307 g/mol. The Kier molecular flexibility index (Phi) is 3.06. The third-order valence-corrected chi connectivity index (χ3v) is 4.57. The van der Waals surface area contributed by atoms with Crippen LogP contribution in [0.15, 0.2) is 22.7 Å². The second-order valence-electron chi connectivity index (χ2n) is 5.30. The lowest BCUT2D eigenvalue weighted by Crippen LogP contribution is -2.22. The van der Waals surface area contributed by atoms with Crippen molar-refractivity contribution >= 4 is 32.9 Å². The molecule has 96 valence electrons. The van der Waals surface area contributed by atoms with Crippen LogP contribution in [0.4, 0.5) is 5.95 Å². The molecule has 0 saturated heterocycles. The number of halogens is 1. The third kappa shape index (κ3) is 1.92. The maximum atomic E-state index is 6.13. The highest BCUT2D eigenvalue weighted by Gasteiger charge is 2.26. The molecule has 2 aromatic rings. The topological polar surface area (TPSA) is 43.8 Å². The van der Waals surface area contributed by atoms with Gasteiger partial charge in [0.25, 0.3) is 0 Å². The summed E-state index contributed by atoms with van der Waals surface area (Å²) in [6.45, 7) is 2.33. The molecule has 2 unspecified atom stereocenters. The van der Waals surface area contributed by atoms with E-state index in [0.29, 0.717) is 17.9 Å². The zero-order valence-electron chi connectivity index (χ0n) is 10.6. The summed E-state index contributed by atoms with van der Waals surface area (Å²) in [5, 5.41) is 0. The molecule has 1 aromatic heterocycles. The van der Waals surface area contributed by atoms with Gasteiger partial charge in [-0.2, -0.15) is 0 Å². The number of hydrogen-bond donors (Lipinski definition) is 1. The smallest absolute Gasteiger partial charge is 0.201 e. The molecule has 1 aliphatic rings. The predicted octanol–water partition coefficient (Wildman–Crippen LogP) is 4.13. The Morgan fingerprint density at radius 1 is 1.33 bits per heavy atom. The molecule has 1 fully saturated rings. The molecule has 0 amide bonds. The highest BCUT2D eigenvalue weighted by Crippen LogP contribution is 2.37. The van der Waals surface area contributed by atoms with E-state index in [1.54, 1.807) is 0 Å². The van der Waals surface area contributed by atoms with Gasteiger partial charge in [0.1, 0.15) is 0 Å². The van der Waals surface area contributed by atoms with Crippen LogP contribution >= 0.6 is 15.9 Å². The van der Waals surface area contributed by atoms with E-state index in [9.17, 15) is 0 Å². The average Bonchev–Trinajstić information content (AvgIpc) is 2.65. The van der Waals surface area contributed by atoms with Gasteiger partial charge in [0, 0.05) is 10.5 Å². The minimum absolute atomic E-state index is 0.505. The standard InChI is InChI=1S/C14H18BrN3/c1-9-4-2-3-5-12(9)18-13-7-6-10(15)8-11(13)17-14(18)16/h6-9,12H,2-5H2,1H3,(H2,16,17). The Bertz CT molecular complexity index is 576. The second kappa shape index (κ2) is 4.57. The quantitative estimate of drug-likeness (QED) is 0.860. The SMILES string of the molecule is CC1CCCCC1n1c(N)nc2cc(Br)ccc21. The number of aromatic nitrogens is 2. The number of imidazole rings is 1. The number of hydrogen-bond acceptors (Lipinski definition) is 2. The van der Waals surface area contributed by atoms with Crippen molar-refractivity contribution < 1.29 is 0 Å². The molecule has 2 atom stereocenters. The molecule has 4 heteroatoms. The molecule has 0 radical (unpaired) electrons. The van der Waals surface area contributed by atoms with E-state index in [0.717, 1.165) is 15.5 Å². The molecule has 1 aliphatic carbocycles. The van der Waals surface area contributed by atoms with Gasteiger partial charge in [0.2, 0.25) is 5.95 Å². The number of nitrogens with two attached hydrogens (primary N) is 1. The maximum absolute atomic E-state index is 6.13. The second-order valence-corrected chi connectivity index (χ2v) is 6.22. The molecule has 0 bridgehead atoms. The lowest BCUT2D eigenvalue weighted by Gasteiger charge is -2.30. The molecule has 1 aromatic carbocycles. The number of fused-ring (bicyclic) bond motifs is 1. The van der Waals surface area contributed by atoms with Gasteiger partial charge in [-0.15, -0.1) is 0 Å². The molecule has 0 spiro atoms. The number of rotatable bonds is 1. The number of nitrogens with zero attached hydrogens (tertiary/aromatic N) is 2. The summed E-state index contributed by atoms with van der Waals surface area (Å²) in [5.74, 6) is 1.34. The van der Waals surface area contributed by atoms with Crippen LogP contribution in [0.2, 0.25) is 0 Å². The van der Waals surface area contributed by atoms with Gasteiger partial charge in [-0.25, -0.2) is 4.98 Å². The fraction of sp³-hybridized carbons (Fsp3) is 0.500. The zero-order chi connectivity index (χ0) is 12.7. The van der Waals surface area contributed by atoms with Gasteiger partial charge in [0.05, 0.1) is 11.0 Å². The van der Waals surface area contributed by atoms with Gasteiger partial charge in [-0.05, 0) is 37.0 Å². The van der Waals surface area contributed by atoms with Gasteiger partial charge in [0.15, 0.2) is 0 Å². The lowest BCUT2D eigenvalue weighted by molar-refractivity contribution is 0.264. The van der Waals surface area contributed by atoms with Crippen molar-refractivity contribution in [2.45, 2.75) is 38.6 Å². The normalized spacial score (nSPS) is 24.6. The third-order valence-electron chi connectivity index (χ3n) is 4.08. The Labute approximate surface area is 116 Å². The van der Waals surface area contributed by atoms with E-state index in [2.05, 4.69) is 44.5 Å². The van der Waals surface area contributed by atoms with E-state index in [1.165, 1.54) is 25.7 Å². The molecule has 3 nitrogen and oxygen atoms in total. The van der Waals surface area contributed by atoms with E-state index in [4.69, 9.17) is 5.73 Å². The Morgan fingerprint density at radius 3 is 2.89 bits per heavy atom. The molecule has 3 rings (SSSR count). The summed E-state index contributed by atoms with van der Waals surface area (Å²) in [5.41, 5.74) is 8.28. The number of benzene rings is 1. The van der Waals surface area contributed by atoms with Crippen LogP contribution in [0, 0.1) is 5.92 Å². The molecule has 0 aliphatic heterocycles. The summed E-state index contributed by atoms with van der Waals surface area (Å²) in [6.07, 6.45) is 5.15. The highest BCUT2D eigenvalue weighted by molar-refractivity contribution is 9.10. The Balaban J connectivity index is 2.12. The van der Waals surface area contributed by atoms with Crippen LogP contribution in [0.5, 0.6) is 0 Å². The van der Waals surface area contributed by atoms with Crippen LogP contribution in [0.25, 0.3) is 11.0 Å². The van der Waals surface area contributed by atoms with E-state index in [-0.39, 0.29) is 0 Å². The Morgan fingerprint density at radius 2 is 2.11 bits per heavy atom. The van der Waals surface area contributed by atoms with Crippen molar-refractivity contribution in [3.63, 3.8) is 0 Å². The first kappa shape index (κ1) is 12.0. The summed E-state index contributed by atoms with van der Waals surface area (Å²) in [7, 11) is 0. The summed E-state index contributed by atoms with van der Waals surface area (Å²) in [6, 6.07) is 6.72. The first-order valence-electron chi connectivity index (χ1n) is 6.60. The van der Waals surface area contributed by atoms with Gasteiger partial charge in [-0.1, -0.05) is 35.7 Å². The molecule has 1 heterocycles. The van der Waals surface area contributed by atoms with Crippen molar-refractivity contribution in [3.8, 4) is 0 Å². The highest BCUT2D eigenvalue weighted by atomic mass is 79.9. The molecule has 18 heavy (non-hydrogen) atoms. The zero-order valence-corrected chi connectivity index (χ0v) is 12.2. The van der Waals surface area contributed by atoms with Gasteiger partial charge < -0.3 is 10.3 Å². The molecular formula is C14H18BrN3. The lowest BCUT2D eigenvalue weighted by atomic mass is 9.85. The predicted molar refractivity (Wildman–Crippen MR) is 78.5 cm³/mol. The fourth-order valence-electron chi connectivity index (χ4n) is 3.12. The first-order chi connectivity index (χ1) is 8.66. The van der Waals surface area contributed by atoms with Crippen molar-refractivity contribution in [3.05, 3.63) is 22.7 Å². The minimum Gasteiger partial charge on any atom is -0.369 e. The van der Waals surface area contributed by atoms with Crippen molar-refractivity contribution in [2.24, 2.45) is 5.92 Å². The fourth-order valence-corrected chi connectivity index (χ4v) is 3.47. The maximum Gasteiger partial charge on any atom is 0.201 e. The van der Waals surface area contributed by atoms with Crippen LogP contribution < -0.4 is 5.73 Å². The van der Waals surface area contributed by atoms with E-state index in [1.807, 2.05) is 6.07 Å². The average molecular weight is 308 g/mol. The number of nitrogen functional groups attached to an aromatic ring is 1. The van der Waals surface area contributed by atoms with Gasteiger partial charge >= 0.3 is 0 Å². The van der Waals surface area contributed by atoms with Crippen molar-refractivity contribution in [1.82, 2.24) is 9.55 Å². The summed E-state index contributed by atoms with van der Waals surface area (Å²) < 4.78 is 3.29. The summed E-state index contributed by atoms with van der Waals surface area (Å²) >= 11 is 3.48. The molecule has 2 N–H and O–H groups in total. The van der Waals surface area contributed by atoms with E-state index >= 15 is 0 Å². The largest absolute Gasteiger partial charge is 0.369 e. The van der Waals surface area contributed by atoms with Crippen LogP contribution in [0.3, 0.4) is 0 Å². The molecular weight excluding hydrogens is 290 g/mol. The summed E-state index contributed by atoms with van der Waals surface area (Å²) in [4.78, 5) is 4.49. The first-order valence-corrected chi connectivity index (χ1v) is 7.39. The van der Waals surface area contributed by atoms with Crippen LogP contribution in [0.1, 0.15) is 38.6 Å². The van der Waals surface area contributed by atoms with Crippen LogP contribution in [-0.2, 0) is 0 Å². The van der Waals surface area contributed by atoms with Crippen molar-refractivity contribution in [1.29, 1.82) is 0 Å².